The molecule has 8 nitrogen and oxygen atoms in total. The van der Waals surface area contributed by atoms with Crippen LogP contribution in [0.4, 0.5) is 0 Å². The van der Waals surface area contributed by atoms with Gasteiger partial charge in [-0.2, -0.15) is 0 Å². The summed E-state index contributed by atoms with van der Waals surface area (Å²) < 4.78 is 0. The number of carbonyl (C=O) groups excluding carboxylic acids is 1. The van der Waals surface area contributed by atoms with Crippen LogP contribution in [-0.2, 0) is 9.59 Å². The van der Waals surface area contributed by atoms with E-state index >= 15 is 0 Å². The molecule has 1 aliphatic heterocycles. The molecule has 1 heterocycles. The van der Waals surface area contributed by atoms with E-state index in [1.165, 1.54) is 4.90 Å². The second-order valence-corrected chi connectivity index (χ2v) is 7.25. The van der Waals surface area contributed by atoms with Crippen molar-refractivity contribution in [1.82, 2.24) is 4.90 Å². The van der Waals surface area contributed by atoms with Gasteiger partial charge in [0, 0.05) is 19.0 Å². The van der Waals surface area contributed by atoms with Crippen LogP contribution in [0, 0.1) is 11.8 Å². The van der Waals surface area contributed by atoms with E-state index in [0.717, 1.165) is 6.42 Å². The molecule has 24 heavy (non-hydrogen) atoms. The summed E-state index contributed by atoms with van der Waals surface area (Å²) in [7, 11) is -1.43. The Hall–Kier alpha value is -1.16. The number of nitrogens with zero attached hydrogens (tertiary/aromatic N) is 1. The van der Waals surface area contributed by atoms with Crippen LogP contribution in [0.5, 0.6) is 0 Å². The SMILES string of the molecule is CC(C)CC[C@H](N)C(=O)N1CC(CCCB(O)O)[C@](N)(C(=O)O)C1. The van der Waals surface area contributed by atoms with E-state index in [1.807, 2.05) is 13.8 Å². The summed E-state index contributed by atoms with van der Waals surface area (Å²) in [6, 6.07) is -0.650. The first kappa shape index (κ1) is 20.9. The first-order chi connectivity index (χ1) is 11.1. The molecule has 3 atom stereocenters. The van der Waals surface area contributed by atoms with E-state index in [0.29, 0.717) is 25.2 Å². The van der Waals surface area contributed by atoms with Crippen LogP contribution >= 0.6 is 0 Å². The summed E-state index contributed by atoms with van der Waals surface area (Å²) in [5, 5.41) is 27.3. The van der Waals surface area contributed by atoms with Crippen LogP contribution in [0.3, 0.4) is 0 Å². The van der Waals surface area contributed by atoms with Crippen LogP contribution < -0.4 is 11.5 Å². The van der Waals surface area contributed by atoms with Gasteiger partial charge in [-0.15, -0.1) is 0 Å². The number of hydrogen-bond acceptors (Lipinski definition) is 6. The number of carbonyl (C=O) groups is 2. The van der Waals surface area contributed by atoms with Gasteiger partial charge in [-0.05, 0) is 31.5 Å². The zero-order valence-electron chi connectivity index (χ0n) is 14.5. The molecular formula is C15H30BN3O5. The van der Waals surface area contributed by atoms with Gasteiger partial charge in [0.2, 0.25) is 5.91 Å². The van der Waals surface area contributed by atoms with Gasteiger partial charge >= 0.3 is 13.1 Å². The van der Waals surface area contributed by atoms with Gasteiger partial charge in [0.25, 0.3) is 0 Å². The Morgan fingerprint density at radius 2 is 1.96 bits per heavy atom. The lowest BCUT2D eigenvalue weighted by Gasteiger charge is -2.25. The third kappa shape index (κ3) is 5.44. The van der Waals surface area contributed by atoms with Gasteiger partial charge in [0.05, 0.1) is 6.04 Å². The van der Waals surface area contributed by atoms with Crippen molar-refractivity contribution >= 4 is 19.0 Å². The Bertz CT molecular complexity index is 449. The van der Waals surface area contributed by atoms with Crippen molar-refractivity contribution < 1.29 is 24.7 Å². The van der Waals surface area contributed by atoms with Gasteiger partial charge in [-0.25, -0.2) is 0 Å². The Kier molecular flexibility index (Phi) is 7.66. The first-order valence-electron chi connectivity index (χ1n) is 8.50. The third-order valence-corrected chi connectivity index (χ3v) is 4.72. The number of amides is 1. The van der Waals surface area contributed by atoms with E-state index in [4.69, 9.17) is 21.5 Å². The average Bonchev–Trinajstić information content (AvgIpc) is 2.82. The molecule has 1 fully saturated rings. The number of carboxylic acid groups (broad SMARTS) is 1. The molecular weight excluding hydrogens is 313 g/mol. The Balaban J connectivity index is 2.71. The molecule has 7 N–H and O–H groups in total. The molecule has 1 unspecified atom stereocenters. The zero-order chi connectivity index (χ0) is 18.5. The van der Waals surface area contributed by atoms with Crippen molar-refractivity contribution in [2.75, 3.05) is 13.1 Å². The standard InChI is InChI=1S/C15H30BN3O5/c1-10(2)5-6-12(17)13(20)19-8-11(4-3-7-16(23)24)15(18,9-19)14(21)22/h10-12,23-24H,3-9,17-18H2,1-2H3,(H,21,22)/t11?,12-,15-/m0/s1. The smallest absolute Gasteiger partial charge is 0.451 e. The molecule has 138 valence electrons. The fraction of sp³-hybridized carbons (Fsp3) is 0.867. The predicted octanol–water partition coefficient (Wildman–Crippen LogP) is -0.757. The first-order valence-corrected chi connectivity index (χ1v) is 8.50. The van der Waals surface area contributed by atoms with Crippen molar-refractivity contribution in [3.8, 4) is 0 Å². The quantitative estimate of drug-likeness (QED) is 0.345. The highest BCUT2D eigenvalue weighted by molar-refractivity contribution is 6.40. The summed E-state index contributed by atoms with van der Waals surface area (Å²) in [5.74, 6) is -1.41. The second-order valence-electron chi connectivity index (χ2n) is 7.25. The Morgan fingerprint density at radius 1 is 1.33 bits per heavy atom. The fourth-order valence-corrected chi connectivity index (χ4v) is 3.12. The minimum absolute atomic E-state index is 0.0666. The van der Waals surface area contributed by atoms with Gasteiger partial charge < -0.3 is 31.5 Å². The van der Waals surface area contributed by atoms with Crippen LogP contribution in [-0.4, -0.2) is 63.7 Å². The lowest BCUT2D eigenvalue weighted by atomic mass is 9.78. The number of rotatable bonds is 9. The second kappa shape index (κ2) is 8.80. The fourth-order valence-electron chi connectivity index (χ4n) is 3.12. The van der Waals surface area contributed by atoms with Crippen LogP contribution in [0.1, 0.15) is 39.5 Å². The number of aliphatic carboxylic acids is 1. The van der Waals surface area contributed by atoms with Crippen molar-refractivity contribution in [2.45, 2.75) is 57.4 Å². The summed E-state index contributed by atoms with van der Waals surface area (Å²) >= 11 is 0. The lowest BCUT2D eigenvalue weighted by molar-refractivity contribution is -0.144. The lowest BCUT2D eigenvalue weighted by Crippen LogP contribution is -2.55. The molecule has 0 bridgehead atoms. The molecule has 0 aliphatic carbocycles. The zero-order valence-corrected chi connectivity index (χ0v) is 14.5. The Labute approximate surface area is 143 Å². The molecule has 0 aromatic rings. The summed E-state index contributed by atoms with van der Waals surface area (Å²) in [4.78, 5) is 25.5. The molecule has 0 aromatic heterocycles. The normalized spacial score (nSPS) is 25.1. The van der Waals surface area contributed by atoms with Crippen LogP contribution in [0.15, 0.2) is 0 Å². The third-order valence-electron chi connectivity index (χ3n) is 4.72. The Morgan fingerprint density at radius 3 is 2.46 bits per heavy atom. The van der Waals surface area contributed by atoms with E-state index in [9.17, 15) is 14.7 Å². The molecule has 1 saturated heterocycles. The molecule has 1 rings (SSSR count). The topological polar surface area (TPSA) is 150 Å². The highest BCUT2D eigenvalue weighted by Gasteiger charge is 2.50. The van der Waals surface area contributed by atoms with Crippen LogP contribution in [0.25, 0.3) is 0 Å². The number of nitrogens with two attached hydrogens (primary N) is 2. The average molecular weight is 343 g/mol. The maximum Gasteiger partial charge on any atom is 0.451 e. The highest BCUT2D eigenvalue weighted by Crippen LogP contribution is 2.31. The molecule has 9 heteroatoms. The van der Waals surface area contributed by atoms with Gasteiger partial charge in [-0.1, -0.05) is 20.3 Å². The van der Waals surface area contributed by atoms with Crippen molar-refractivity contribution in [3.05, 3.63) is 0 Å². The van der Waals surface area contributed by atoms with Crippen molar-refractivity contribution in [1.29, 1.82) is 0 Å². The minimum atomic E-state index is -1.52. The largest absolute Gasteiger partial charge is 0.480 e. The molecule has 1 aliphatic rings. The molecule has 1 amide bonds. The van der Waals surface area contributed by atoms with E-state index in [2.05, 4.69) is 0 Å². The minimum Gasteiger partial charge on any atom is -0.480 e. The summed E-state index contributed by atoms with van der Waals surface area (Å²) in [6.07, 6.45) is 2.36. The number of hydrogen-bond donors (Lipinski definition) is 5. The van der Waals surface area contributed by atoms with Crippen molar-refractivity contribution in [3.63, 3.8) is 0 Å². The monoisotopic (exact) mass is 343 g/mol. The predicted molar refractivity (Wildman–Crippen MR) is 90.9 cm³/mol. The van der Waals surface area contributed by atoms with E-state index < -0.39 is 30.6 Å². The number of likely N-dealkylation sites (tertiary alicyclic amines) is 1. The van der Waals surface area contributed by atoms with Crippen molar-refractivity contribution in [2.24, 2.45) is 23.3 Å². The number of carboxylic acids is 1. The molecule has 0 aromatic carbocycles. The highest BCUT2D eigenvalue weighted by atomic mass is 16.4. The maximum atomic E-state index is 12.5. The van der Waals surface area contributed by atoms with Gasteiger partial charge in [0.1, 0.15) is 5.54 Å². The summed E-state index contributed by atoms with van der Waals surface area (Å²) in [5.41, 5.74) is 10.5. The molecule has 0 spiro atoms. The van der Waals surface area contributed by atoms with E-state index in [1.54, 1.807) is 0 Å². The van der Waals surface area contributed by atoms with E-state index in [-0.39, 0.29) is 25.3 Å². The molecule has 0 saturated carbocycles. The van der Waals surface area contributed by atoms with Gasteiger partial charge in [-0.3, -0.25) is 9.59 Å². The molecule has 0 radical (unpaired) electrons. The van der Waals surface area contributed by atoms with Gasteiger partial charge in [0.15, 0.2) is 0 Å². The maximum absolute atomic E-state index is 12.5. The summed E-state index contributed by atoms with van der Waals surface area (Å²) in [6.45, 7) is 4.27. The van der Waals surface area contributed by atoms with Crippen LogP contribution in [0.2, 0.25) is 6.32 Å².